The number of rotatable bonds is 7. The number of ether oxygens (including phenoxy) is 2. The Morgan fingerprint density at radius 1 is 1.15 bits per heavy atom. The van der Waals surface area contributed by atoms with Crippen molar-refractivity contribution in [1.29, 1.82) is 0 Å². The van der Waals surface area contributed by atoms with E-state index in [1.807, 2.05) is 24.3 Å². The van der Waals surface area contributed by atoms with Crippen LogP contribution in [0.2, 0.25) is 0 Å². The zero-order valence-electron chi connectivity index (χ0n) is 18.6. The van der Waals surface area contributed by atoms with Crippen LogP contribution < -0.4 is 4.74 Å². The molecule has 2 aliphatic rings. The second-order valence-corrected chi connectivity index (χ2v) is 8.04. The van der Waals surface area contributed by atoms with E-state index in [1.165, 1.54) is 9.91 Å². The number of methoxy groups -OCH3 is 1. The number of likely N-dealkylation sites (tertiary alicyclic amines) is 1. The van der Waals surface area contributed by atoms with Gasteiger partial charge in [-0.3, -0.25) is 14.4 Å². The Balaban J connectivity index is 1.42. The minimum atomic E-state index is -0.605. The minimum absolute atomic E-state index is 0.0538. The Labute approximate surface area is 191 Å². The summed E-state index contributed by atoms with van der Waals surface area (Å²) < 4.78 is 15.9. The van der Waals surface area contributed by atoms with Gasteiger partial charge >= 0.3 is 5.97 Å². The lowest BCUT2D eigenvalue weighted by Crippen LogP contribution is -2.37. The Morgan fingerprint density at radius 2 is 1.97 bits per heavy atom. The second-order valence-electron chi connectivity index (χ2n) is 8.04. The van der Waals surface area contributed by atoms with Gasteiger partial charge in [-0.05, 0) is 54.8 Å². The molecule has 0 bridgehead atoms. The highest BCUT2D eigenvalue weighted by Crippen LogP contribution is 2.33. The van der Waals surface area contributed by atoms with Crippen molar-refractivity contribution < 1.29 is 28.3 Å². The number of hydrazone groups is 1. The molecular formula is C24H27N3O6. The van der Waals surface area contributed by atoms with Gasteiger partial charge in [-0.1, -0.05) is 6.42 Å². The Hall–Kier alpha value is -3.62. The Bertz CT molecular complexity index is 1020. The van der Waals surface area contributed by atoms with Crippen molar-refractivity contribution in [3.63, 3.8) is 0 Å². The number of amides is 2. The molecule has 0 radical (unpaired) electrons. The highest BCUT2D eigenvalue weighted by atomic mass is 16.5. The predicted molar refractivity (Wildman–Crippen MR) is 118 cm³/mol. The molecule has 0 spiro atoms. The van der Waals surface area contributed by atoms with Gasteiger partial charge in [-0.15, -0.1) is 0 Å². The molecule has 1 aromatic carbocycles. The molecule has 0 N–H and O–H groups in total. The topological polar surface area (TPSA) is 102 Å². The van der Waals surface area contributed by atoms with E-state index in [-0.39, 0.29) is 12.5 Å². The van der Waals surface area contributed by atoms with Gasteiger partial charge in [-0.25, -0.2) is 5.01 Å². The third kappa shape index (κ3) is 5.42. The summed E-state index contributed by atoms with van der Waals surface area (Å²) in [5.41, 5.74) is 1.58. The van der Waals surface area contributed by atoms with Gasteiger partial charge in [0.15, 0.2) is 6.61 Å². The molecular weight excluding hydrogens is 426 g/mol. The van der Waals surface area contributed by atoms with Crippen LogP contribution in [0.5, 0.6) is 5.75 Å². The van der Waals surface area contributed by atoms with Crippen LogP contribution in [0, 0.1) is 0 Å². The first-order valence-electron chi connectivity index (χ1n) is 11.1. The molecule has 0 saturated carbocycles. The summed E-state index contributed by atoms with van der Waals surface area (Å²) in [6.07, 6.45) is 5.10. The lowest BCUT2D eigenvalue weighted by Gasteiger charge is -2.21. The fourth-order valence-corrected chi connectivity index (χ4v) is 4.02. The maximum atomic E-state index is 12.9. The normalized spacial score (nSPS) is 18.6. The molecule has 1 atom stereocenters. The van der Waals surface area contributed by atoms with E-state index in [9.17, 15) is 14.4 Å². The molecule has 174 valence electrons. The standard InChI is InChI=1S/C24H27N3O6/c1-31-18-10-8-17(9-11-18)19-14-20(21-6-5-13-32-21)27(25-19)23(29)16-33-24(30)15-26-12-4-2-3-7-22(26)28/h5-6,8-11,13,20H,2-4,7,12,14-16H2,1H3. The first-order chi connectivity index (χ1) is 16.0. The van der Waals surface area contributed by atoms with E-state index in [0.29, 0.717) is 30.9 Å². The average Bonchev–Trinajstić information content (AvgIpc) is 3.47. The lowest BCUT2D eigenvalue weighted by atomic mass is 10.0. The molecule has 0 aliphatic carbocycles. The maximum absolute atomic E-state index is 12.9. The predicted octanol–water partition coefficient (Wildman–Crippen LogP) is 2.91. The molecule has 9 nitrogen and oxygen atoms in total. The quantitative estimate of drug-likeness (QED) is 0.598. The number of hydrogen-bond donors (Lipinski definition) is 0. The van der Waals surface area contributed by atoms with Gasteiger partial charge in [0.2, 0.25) is 5.91 Å². The van der Waals surface area contributed by atoms with Crippen LogP contribution in [-0.2, 0) is 19.1 Å². The van der Waals surface area contributed by atoms with Crippen molar-refractivity contribution in [2.45, 2.75) is 38.1 Å². The Kier molecular flexibility index (Phi) is 7.07. The van der Waals surface area contributed by atoms with E-state index in [1.54, 1.807) is 25.5 Å². The molecule has 3 heterocycles. The van der Waals surface area contributed by atoms with Crippen molar-refractivity contribution >= 4 is 23.5 Å². The van der Waals surface area contributed by atoms with E-state index in [0.717, 1.165) is 30.6 Å². The van der Waals surface area contributed by atoms with Crippen molar-refractivity contribution in [3.8, 4) is 5.75 Å². The number of furan rings is 1. The van der Waals surface area contributed by atoms with Crippen LogP contribution in [0.15, 0.2) is 52.2 Å². The lowest BCUT2D eigenvalue weighted by molar-refractivity contribution is -0.155. The summed E-state index contributed by atoms with van der Waals surface area (Å²) in [6.45, 7) is -0.0738. The highest BCUT2D eigenvalue weighted by Gasteiger charge is 2.35. The fourth-order valence-electron chi connectivity index (χ4n) is 4.02. The number of hydrogen-bond acceptors (Lipinski definition) is 7. The monoisotopic (exact) mass is 453 g/mol. The van der Waals surface area contributed by atoms with E-state index in [4.69, 9.17) is 13.9 Å². The maximum Gasteiger partial charge on any atom is 0.326 e. The van der Waals surface area contributed by atoms with Crippen LogP contribution in [0.1, 0.15) is 49.5 Å². The number of carbonyl (C=O) groups excluding carboxylic acids is 3. The highest BCUT2D eigenvalue weighted by molar-refractivity contribution is 6.03. The van der Waals surface area contributed by atoms with Crippen LogP contribution in [0.4, 0.5) is 0 Å². The molecule has 2 aliphatic heterocycles. The molecule has 1 fully saturated rings. The minimum Gasteiger partial charge on any atom is -0.497 e. The molecule has 33 heavy (non-hydrogen) atoms. The number of esters is 1. The largest absolute Gasteiger partial charge is 0.497 e. The molecule has 2 amide bonds. The third-order valence-corrected chi connectivity index (χ3v) is 5.81. The van der Waals surface area contributed by atoms with Crippen molar-refractivity contribution in [1.82, 2.24) is 9.91 Å². The summed E-state index contributed by atoms with van der Waals surface area (Å²) in [7, 11) is 1.60. The third-order valence-electron chi connectivity index (χ3n) is 5.81. The summed E-state index contributed by atoms with van der Waals surface area (Å²) in [4.78, 5) is 38.8. The molecule has 1 unspecified atom stereocenters. The SMILES string of the molecule is COc1ccc(C2=NN(C(=O)COC(=O)CN3CCCCCC3=O)C(c3ccco3)C2)cc1. The van der Waals surface area contributed by atoms with Crippen LogP contribution >= 0.6 is 0 Å². The average molecular weight is 453 g/mol. The van der Waals surface area contributed by atoms with Gasteiger partial charge in [0.1, 0.15) is 24.1 Å². The summed E-state index contributed by atoms with van der Waals surface area (Å²) in [5, 5.41) is 5.82. The zero-order chi connectivity index (χ0) is 23.2. The van der Waals surface area contributed by atoms with Gasteiger partial charge in [0, 0.05) is 19.4 Å². The van der Waals surface area contributed by atoms with E-state index < -0.39 is 24.5 Å². The summed E-state index contributed by atoms with van der Waals surface area (Å²) in [5.74, 6) is 0.198. The number of benzene rings is 1. The Morgan fingerprint density at radius 3 is 2.70 bits per heavy atom. The van der Waals surface area contributed by atoms with E-state index >= 15 is 0 Å². The molecule has 1 aromatic heterocycles. The zero-order valence-corrected chi connectivity index (χ0v) is 18.6. The van der Waals surface area contributed by atoms with Crippen LogP contribution in [-0.4, -0.2) is 60.2 Å². The first-order valence-corrected chi connectivity index (χ1v) is 11.1. The van der Waals surface area contributed by atoms with E-state index in [2.05, 4.69) is 5.10 Å². The van der Waals surface area contributed by atoms with Gasteiger partial charge in [0.25, 0.3) is 5.91 Å². The van der Waals surface area contributed by atoms with Gasteiger partial charge in [0.05, 0.1) is 19.1 Å². The fraction of sp³-hybridized carbons (Fsp3) is 0.417. The molecule has 1 saturated heterocycles. The summed E-state index contributed by atoms with van der Waals surface area (Å²) >= 11 is 0. The van der Waals surface area contributed by atoms with Crippen molar-refractivity contribution in [3.05, 3.63) is 54.0 Å². The van der Waals surface area contributed by atoms with Gasteiger partial charge in [-0.2, -0.15) is 5.10 Å². The van der Waals surface area contributed by atoms with Crippen LogP contribution in [0.25, 0.3) is 0 Å². The molecule has 9 heteroatoms. The number of nitrogens with zero attached hydrogens (tertiary/aromatic N) is 3. The van der Waals surface area contributed by atoms with Gasteiger partial charge < -0.3 is 18.8 Å². The second kappa shape index (κ2) is 10.3. The van der Waals surface area contributed by atoms with Crippen molar-refractivity contribution in [2.75, 3.05) is 26.8 Å². The summed E-state index contributed by atoms with van der Waals surface area (Å²) in [6, 6.07) is 10.5. The van der Waals surface area contributed by atoms with Crippen LogP contribution in [0.3, 0.4) is 0 Å². The van der Waals surface area contributed by atoms with Crippen molar-refractivity contribution in [2.24, 2.45) is 5.10 Å². The molecule has 4 rings (SSSR count). The smallest absolute Gasteiger partial charge is 0.326 e. The first kappa shape index (κ1) is 22.6. The number of carbonyl (C=O) groups is 3. The molecule has 2 aromatic rings.